The van der Waals surface area contributed by atoms with Gasteiger partial charge >= 0.3 is 5.97 Å². The molecule has 0 saturated heterocycles. The quantitative estimate of drug-likeness (QED) is 0.293. The third-order valence-electron chi connectivity index (χ3n) is 5.87. The molecule has 36 heavy (non-hydrogen) atoms. The summed E-state index contributed by atoms with van der Waals surface area (Å²) < 4.78 is 40.8. The molecule has 0 aliphatic rings. The van der Waals surface area contributed by atoms with E-state index >= 15 is 0 Å². The van der Waals surface area contributed by atoms with Gasteiger partial charge in [0.15, 0.2) is 0 Å². The topological polar surface area (TPSA) is 72.9 Å². The maximum absolute atomic E-state index is 14.0. The largest absolute Gasteiger partial charge is 0.494 e. The van der Waals surface area contributed by atoms with Gasteiger partial charge in [0, 0.05) is 6.54 Å². The van der Waals surface area contributed by atoms with Crippen molar-refractivity contribution in [1.82, 2.24) is 4.31 Å². The van der Waals surface area contributed by atoms with Gasteiger partial charge in [-0.05, 0) is 86.4 Å². The first-order chi connectivity index (χ1) is 16.6. The van der Waals surface area contributed by atoms with Gasteiger partial charge in [-0.15, -0.1) is 0 Å². The molecular formula is C29H45NO5S. The van der Waals surface area contributed by atoms with E-state index in [0.717, 1.165) is 22.9 Å². The highest BCUT2D eigenvalue weighted by Crippen LogP contribution is 2.29. The Kier molecular flexibility index (Phi) is 10.4. The van der Waals surface area contributed by atoms with Crippen molar-refractivity contribution in [2.24, 2.45) is 17.8 Å². The van der Waals surface area contributed by atoms with E-state index in [2.05, 4.69) is 13.8 Å². The average molecular weight is 520 g/mol. The summed E-state index contributed by atoms with van der Waals surface area (Å²) in [5, 5.41) is 1.70. The monoisotopic (exact) mass is 519 g/mol. The summed E-state index contributed by atoms with van der Waals surface area (Å²) in [6, 6.07) is 9.86. The van der Waals surface area contributed by atoms with Crippen LogP contribution in [0.3, 0.4) is 0 Å². The van der Waals surface area contributed by atoms with Crippen LogP contribution in [-0.4, -0.2) is 43.5 Å². The van der Waals surface area contributed by atoms with Crippen molar-refractivity contribution >= 4 is 26.8 Å². The van der Waals surface area contributed by atoms with Gasteiger partial charge in [-0.1, -0.05) is 53.7 Å². The Morgan fingerprint density at radius 3 is 2.03 bits per heavy atom. The van der Waals surface area contributed by atoms with E-state index in [4.69, 9.17) is 9.47 Å². The molecule has 0 radical (unpaired) electrons. The lowest BCUT2D eigenvalue weighted by Gasteiger charge is -2.34. The number of rotatable bonds is 12. The first kappa shape index (κ1) is 30.1. The number of hydrogen-bond acceptors (Lipinski definition) is 5. The molecule has 202 valence electrons. The summed E-state index contributed by atoms with van der Waals surface area (Å²) in [6.45, 7) is 18.4. The van der Waals surface area contributed by atoms with Crippen LogP contribution in [0.4, 0.5) is 0 Å². The van der Waals surface area contributed by atoms with E-state index in [-0.39, 0.29) is 23.3 Å². The first-order valence-electron chi connectivity index (χ1n) is 13.0. The molecule has 2 rings (SSSR count). The summed E-state index contributed by atoms with van der Waals surface area (Å²) in [5.41, 5.74) is -0.713. The van der Waals surface area contributed by atoms with Crippen molar-refractivity contribution in [3.05, 3.63) is 36.4 Å². The standard InChI is InChI=1S/C29H45NO5S/c1-20(2)14-16-30(27(22(5)6)28(31)35-29(7,8)9)36(32,33)26-13-11-23-18-25(12-10-24(23)19-26)34-17-15-21(3)4/h10-13,18-22,27H,14-17H2,1-9H3/t27-/m0/s1. The average Bonchev–Trinajstić information content (AvgIpc) is 2.73. The Morgan fingerprint density at radius 2 is 1.47 bits per heavy atom. The molecule has 0 aliphatic carbocycles. The van der Waals surface area contributed by atoms with Gasteiger partial charge < -0.3 is 9.47 Å². The van der Waals surface area contributed by atoms with Crippen LogP contribution >= 0.6 is 0 Å². The molecule has 0 N–H and O–H groups in total. The molecule has 0 spiro atoms. The van der Waals surface area contributed by atoms with Crippen molar-refractivity contribution in [3.63, 3.8) is 0 Å². The van der Waals surface area contributed by atoms with Gasteiger partial charge in [-0.2, -0.15) is 4.31 Å². The summed E-state index contributed by atoms with van der Waals surface area (Å²) in [7, 11) is -3.97. The Labute approximate surface area is 218 Å². The van der Waals surface area contributed by atoms with E-state index in [1.165, 1.54) is 4.31 Å². The number of esters is 1. The summed E-state index contributed by atoms with van der Waals surface area (Å²) in [6.07, 6.45) is 1.60. The Morgan fingerprint density at radius 1 is 0.889 bits per heavy atom. The highest BCUT2D eigenvalue weighted by atomic mass is 32.2. The number of carbonyl (C=O) groups is 1. The van der Waals surface area contributed by atoms with Crippen LogP contribution in [0.5, 0.6) is 5.75 Å². The molecular weight excluding hydrogens is 474 g/mol. The van der Waals surface area contributed by atoms with Crippen molar-refractivity contribution < 1.29 is 22.7 Å². The van der Waals surface area contributed by atoms with E-state index in [1.807, 2.05) is 45.9 Å². The number of fused-ring (bicyclic) bond motifs is 1. The minimum absolute atomic E-state index is 0.168. The number of hydrogen-bond donors (Lipinski definition) is 0. The first-order valence-corrected chi connectivity index (χ1v) is 14.5. The lowest BCUT2D eigenvalue weighted by Crippen LogP contribution is -2.50. The molecule has 0 fully saturated rings. The van der Waals surface area contributed by atoms with Gasteiger partial charge in [-0.3, -0.25) is 4.79 Å². The molecule has 0 aliphatic heterocycles. The zero-order valence-electron chi connectivity index (χ0n) is 23.5. The number of carbonyl (C=O) groups excluding carboxylic acids is 1. The fourth-order valence-corrected chi connectivity index (χ4v) is 5.64. The van der Waals surface area contributed by atoms with Crippen LogP contribution in [0.15, 0.2) is 41.3 Å². The van der Waals surface area contributed by atoms with Crippen molar-refractivity contribution in [2.75, 3.05) is 13.2 Å². The van der Waals surface area contributed by atoms with Gasteiger partial charge in [0.1, 0.15) is 17.4 Å². The zero-order chi connectivity index (χ0) is 27.3. The Balaban J connectivity index is 2.45. The molecule has 0 amide bonds. The van der Waals surface area contributed by atoms with Gasteiger partial charge in [0.25, 0.3) is 0 Å². The predicted molar refractivity (Wildman–Crippen MR) is 147 cm³/mol. The van der Waals surface area contributed by atoms with Crippen molar-refractivity contribution in [1.29, 1.82) is 0 Å². The van der Waals surface area contributed by atoms with Gasteiger partial charge in [0.05, 0.1) is 11.5 Å². The minimum Gasteiger partial charge on any atom is -0.494 e. The highest BCUT2D eigenvalue weighted by molar-refractivity contribution is 7.89. The summed E-state index contributed by atoms with van der Waals surface area (Å²) in [5.74, 6) is 0.829. The number of benzene rings is 2. The molecule has 2 aromatic rings. The normalized spacial score (nSPS) is 13.7. The van der Waals surface area contributed by atoms with Gasteiger partial charge in [0.2, 0.25) is 10.0 Å². The fourth-order valence-electron chi connectivity index (χ4n) is 3.88. The van der Waals surface area contributed by atoms with Crippen molar-refractivity contribution in [3.8, 4) is 5.75 Å². The van der Waals surface area contributed by atoms with E-state index in [1.54, 1.807) is 39.0 Å². The molecule has 0 unspecified atom stereocenters. The molecule has 0 aromatic heterocycles. The molecule has 0 saturated carbocycles. The van der Waals surface area contributed by atoms with Crippen LogP contribution in [0, 0.1) is 17.8 Å². The number of nitrogens with zero attached hydrogens (tertiary/aromatic N) is 1. The maximum atomic E-state index is 14.0. The van der Waals surface area contributed by atoms with Crippen LogP contribution in [0.2, 0.25) is 0 Å². The smallest absolute Gasteiger partial charge is 0.325 e. The number of sulfonamides is 1. The molecule has 1 atom stereocenters. The van der Waals surface area contributed by atoms with Crippen LogP contribution in [-0.2, 0) is 19.6 Å². The molecule has 7 heteroatoms. The van der Waals surface area contributed by atoms with E-state index in [9.17, 15) is 13.2 Å². The maximum Gasteiger partial charge on any atom is 0.325 e. The molecule has 6 nitrogen and oxygen atoms in total. The lowest BCUT2D eigenvalue weighted by atomic mass is 10.0. The van der Waals surface area contributed by atoms with Gasteiger partial charge in [-0.25, -0.2) is 8.42 Å². The van der Waals surface area contributed by atoms with Crippen molar-refractivity contribution in [2.45, 2.75) is 91.7 Å². The summed E-state index contributed by atoms with van der Waals surface area (Å²) >= 11 is 0. The molecule has 0 heterocycles. The highest BCUT2D eigenvalue weighted by Gasteiger charge is 2.40. The Hall–Kier alpha value is -2.12. The predicted octanol–water partition coefficient (Wildman–Crippen LogP) is 6.67. The number of ether oxygens (including phenoxy) is 2. The summed E-state index contributed by atoms with van der Waals surface area (Å²) in [4.78, 5) is 13.4. The van der Waals surface area contributed by atoms with Crippen LogP contribution < -0.4 is 4.74 Å². The second kappa shape index (κ2) is 12.4. The lowest BCUT2D eigenvalue weighted by molar-refractivity contribution is -0.161. The van der Waals surface area contributed by atoms with Crippen LogP contribution in [0.25, 0.3) is 10.8 Å². The van der Waals surface area contributed by atoms with E-state index in [0.29, 0.717) is 18.9 Å². The Bertz CT molecular complexity index is 1120. The second-order valence-electron chi connectivity index (χ2n) is 11.7. The fraction of sp³-hybridized carbons (Fsp3) is 0.621. The minimum atomic E-state index is -3.97. The molecule has 0 bridgehead atoms. The second-order valence-corrected chi connectivity index (χ2v) is 13.6. The third kappa shape index (κ3) is 8.48. The van der Waals surface area contributed by atoms with E-state index < -0.39 is 27.6 Å². The third-order valence-corrected chi connectivity index (χ3v) is 7.75. The SMILES string of the molecule is CC(C)CCOc1ccc2cc(S(=O)(=O)N(CCC(C)C)[C@H](C(=O)OC(C)(C)C)C(C)C)ccc2c1. The molecule has 2 aromatic carbocycles. The zero-order valence-corrected chi connectivity index (χ0v) is 24.3. The van der Waals surface area contributed by atoms with Crippen LogP contribution in [0.1, 0.15) is 75.2 Å².